The first-order valence-electron chi connectivity index (χ1n) is 6.75. The van der Waals surface area contributed by atoms with E-state index in [0.29, 0.717) is 11.3 Å². The van der Waals surface area contributed by atoms with E-state index in [-0.39, 0.29) is 11.9 Å². The van der Waals surface area contributed by atoms with E-state index in [9.17, 15) is 4.39 Å². The van der Waals surface area contributed by atoms with Crippen molar-refractivity contribution in [1.29, 1.82) is 0 Å². The molecule has 0 aliphatic heterocycles. The zero-order chi connectivity index (χ0) is 14.5. The van der Waals surface area contributed by atoms with Gasteiger partial charge in [-0.2, -0.15) is 0 Å². The number of hydrogen-bond acceptors (Lipinski definition) is 3. The molecule has 2 aromatic rings. The molecule has 0 amide bonds. The van der Waals surface area contributed by atoms with E-state index in [1.165, 1.54) is 17.7 Å². The molecule has 20 heavy (non-hydrogen) atoms. The summed E-state index contributed by atoms with van der Waals surface area (Å²) in [6, 6.07) is 12.1. The summed E-state index contributed by atoms with van der Waals surface area (Å²) in [5.74, 6) is 5.33. The number of aryl methyl sites for hydroxylation is 1. The van der Waals surface area contributed by atoms with Crippen LogP contribution >= 0.6 is 0 Å². The van der Waals surface area contributed by atoms with Crippen LogP contribution < -0.4 is 17.0 Å². The van der Waals surface area contributed by atoms with Gasteiger partial charge in [-0.1, -0.05) is 37.6 Å². The molecule has 1 atom stereocenters. The molecule has 106 valence electrons. The van der Waals surface area contributed by atoms with Crippen molar-refractivity contribution < 1.29 is 4.39 Å². The molecule has 0 saturated heterocycles. The Morgan fingerprint density at radius 3 is 2.70 bits per heavy atom. The van der Waals surface area contributed by atoms with Gasteiger partial charge >= 0.3 is 0 Å². The van der Waals surface area contributed by atoms with Gasteiger partial charge in [0, 0.05) is 11.3 Å². The van der Waals surface area contributed by atoms with Crippen molar-refractivity contribution in [3.63, 3.8) is 0 Å². The third-order valence-electron chi connectivity index (χ3n) is 3.35. The van der Waals surface area contributed by atoms with Gasteiger partial charge < -0.3 is 5.73 Å². The zero-order valence-corrected chi connectivity index (χ0v) is 11.6. The average Bonchev–Trinajstić information content (AvgIpc) is 2.44. The SMILES string of the molecule is CCCc1cccc(C(NN)c2cc(F)ccc2N)c1. The molecular formula is C16H20FN3. The van der Waals surface area contributed by atoms with Crippen LogP contribution in [0, 0.1) is 5.82 Å². The van der Waals surface area contributed by atoms with Gasteiger partial charge in [-0.05, 0) is 35.7 Å². The smallest absolute Gasteiger partial charge is 0.123 e. The maximum absolute atomic E-state index is 13.4. The quantitative estimate of drug-likeness (QED) is 0.446. The lowest BCUT2D eigenvalue weighted by molar-refractivity contribution is 0.606. The van der Waals surface area contributed by atoms with E-state index in [2.05, 4.69) is 24.5 Å². The van der Waals surface area contributed by atoms with Crippen molar-refractivity contribution in [1.82, 2.24) is 5.43 Å². The molecule has 2 aromatic carbocycles. The minimum Gasteiger partial charge on any atom is -0.398 e. The molecule has 0 aliphatic carbocycles. The largest absolute Gasteiger partial charge is 0.398 e. The predicted molar refractivity (Wildman–Crippen MR) is 80.4 cm³/mol. The van der Waals surface area contributed by atoms with Gasteiger partial charge in [-0.15, -0.1) is 0 Å². The highest BCUT2D eigenvalue weighted by Crippen LogP contribution is 2.27. The third-order valence-corrected chi connectivity index (χ3v) is 3.35. The molecule has 1 unspecified atom stereocenters. The third kappa shape index (κ3) is 3.15. The molecule has 4 heteroatoms. The van der Waals surface area contributed by atoms with Crippen LogP contribution in [0.1, 0.15) is 36.1 Å². The van der Waals surface area contributed by atoms with Gasteiger partial charge in [0.15, 0.2) is 0 Å². The van der Waals surface area contributed by atoms with Crippen LogP contribution in [0.25, 0.3) is 0 Å². The Morgan fingerprint density at radius 2 is 2.00 bits per heavy atom. The maximum atomic E-state index is 13.4. The fourth-order valence-corrected chi connectivity index (χ4v) is 2.38. The summed E-state index contributed by atoms with van der Waals surface area (Å²) in [5.41, 5.74) is 12.1. The molecule has 0 spiro atoms. The highest BCUT2D eigenvalue weighted by Gasteiger charge is 2.16. The number of hydrogen-bond donors (Lipinski definition) is 3. The Kier molecular flexibility index (Phi) is 4.71. The number of nitrogens with two attached hydrogens (primary N) is 2. The molecule has 0 radical (unpaired) electrons. The molecule has 0 saturated carbocycles. The van der Waals surface area contributed by atoms with Crippen molar-refractivity contribution in [2.24, 2.45) is 5.84 Å². The van der Waals surface area contributed by atoms with Crippen LogP contribution in [0.4, 0.5) is 10.1 Å². The van der Waals surface area contributed by atoms with E-state index in [4.69, 9.17) is 11.6 Å². The first-order chi connectivity index (χ1) is 9.65. The minimum absolute atomic E-state index is 0.317. The lowest BCUT2D eigenvalue weighted by atomic mass is 9.95. The monoisotopic (exact) mass is 273 g/mol. The molecule has 0 heterocycles. The Bertz CT molecular complexity index is 584. The topological polar surface area (TPSA) is 64.1 Å². The van der Waals surface area contributed by atoms with Crippen molar-refractivity contribution in [3.05, 3.63) is 65.0 Å². The fraction of sp³-hybridized carbons (Fsp3) is 0.250. The zero-order valence-electron chi connectivity index (χ0n) is 11.6. The summed E-state index contributed by atoms with van der Waals surface area (Å²) >= 11 is 0. The van der Waals surface area contributed by atoms with E-state index >= 15 is 0 Å². The second-order valence-corrected chi connectivity index (χ2v) is 4.87. The Labute approximate surface area is 118 Å². The molecular weight excluding hydrogens is 253 g/mol. The molecule has 0 aromatic heterocycles. The molecule has 5 N–H and O–H groups in total. The first-order valence-corrected chi connectivity index (χ1v) is 6.75. The average molecular weight is 273 g/mol. The first kappa shape index (κ1) is 14.5. The summed E-state index contributed by atoms with van der Waals surface area (Å²) in [6.07, 6.45) is 2.08. The van der Waals surface area contributed by atoms with Crippen molar-refractivity contribution in [2.45, 2.75) is 25.8 Å². The van der Waals surface area contributed by atoms with Gasteiger partial charge in [0.25, 0.3) is 0 Å². The highest BCUT2D eigenvalue weighted by atomic mass is 19.1. The van der Waals surface area contributed by atoms with Gasteiger partial charge in [0.05, 0.1) is 6.04 Å². The van der Waals surface area contributed by atoms with Crippen LogP contribution in [0.3, 0.4) is 0 Å². The van der Waals surface area contributed by atoms with Crippen LogP contribution in [0.2, 0.25) is 0 Å². The van der Waals surface area contributed by atoms with Crippen LogP contribution in [0.15, 0.2) is 42.5 Å². The number of benzene rings is 2. The maximum Gasteiger partial charge on any atom is 0.123 e. The van der Waals surface area contributed by atoms with Crippen molar-refractivity contribution in [3.8, 4) is 0 Å². The number of halogens is 1. The van der Waals surface area contributed by atoms with Crippen LogP contribution in [-0.2, 0) is 6.42 Å². The summed E-state index contributed by atoms with van der Waals surface area (Å²) in [7, 11) is 0. The number of nitrogen functional groups attached to an aromatic ring is 1. The summed E-state index contributed by atoms with van der Waals surface area (Å²) in [6.45, 7) is 2.13. The van der Waals surface area contributed by atoms with Gasteiger partial charge in [-0.25, -0.2) is 9.82 Å². The van der Waals surface area contributed by atoms with E-state index in [0.717, 1.165) is 18.4 Å². The van der Waals surface area contributed by atoms with Crippen LogP contribution in [0.5, 0.6) is 0 Å². The van der Waals surface area contributed by atoms with E-state index in [1.54, 1.807) is 6.07 Å². The summed E-state index contributed by atoms with van der Waals surface area (Å²) in [4.78, 5) is 0. The normalized spacial score (nSPS) is 12.3. The Hall–Kier alpha value is -1.91. The van der Waals surface area contributed by atoms with Crippen LogP contribution in [-0.4, -0.2) is 0 Å². The molecule has 0 aliphatic rings. The number of hydrazine groups is 1. The number of rotatable bonds is 5. The molecule has 2 rings (SSSR count). The lowest BCUT2D eigenvalue weighted by Gasteiger charge is -2.19. The van der Waals surface area contributed by atoms with Crippen molar-refractivity contribution in [2.75, 3.05) is 5.73 Å². The van der Waals surface area contributed by atoms with E-state index in [1.807, 2.05) is 12.1 Å². The van der Waals surface area contributed by atoms with Gasteiger partial charge in [0.1, 0.15) is 5.82 Å². The lowest BCUT2D eigenvalue weighted by Crippen LogP contribution is -2.29. The molecule has 0 bridgehead atoms. The fourth-order valence-electron chi connectivity index (χ4n) is 2.38. The van der Waals surface area contributed by atoms with Gasteiger partial charge in [0.2, 0.25) is 0 Å². The second-order valence-electron chi connectivity index (χ2n) is 4.87. The summed E-state index contributed by atoms with van der Waals surface area (Å²) < 4.78 is 13.4. The van der Waals surface area contributed by atoms with E-state index < -0.39 is 0 Å². The number of nitrogens with one attached hydrogen (secondary N) is 1. The van der Waals surface area contributed by atoms with Crippen molar-refractivity contribution >= 4 is 5.69 Å². The Balaban J connectivity index is 2.41. The van der Waals surface area contributed by atoms with Gasteiger partial charge in [-0.3, -0.25) is 5.84 Å². The second kappa shape index (κ2) is 6.50. The minimum atomic E-state index is -0.320. The molecule has 3 nitrogen and oxygen atoms in total. The summed E-state index contributed by atoms with van der Waals surface area (Å²) in [5, 5.41) is 0. The highest BCUT2D eigenvalue weighted by molar-refractivity contribution is 5.51. The number of anilines is 1. The predicted octanol–water partition coefficient (Wildman–Crippen LogP) is 2.91. The molecule has 0 fully saturated rings. The Morgan fingerprint density at radius 1 is 1.20 bits per heavy atom. The standard InChI is InChI=1S/C16H20FN3/c1-2-4-11-5-3-6-12(9-11)16(20-19)14-10-13(17)7-8-15(14)18/h3,5-10,16,20H,2,4,18-19H2,1H3.